The quantitative estimate of drug-likeness (QED) is 0.725. The lowest BCUT2D eigenvalue weighted by atomic mass is 10.1. The second-order valence-electron chi connectivity index (χ2n) is 5.36. The summed E-state index contributed by atoms with van der Waals surface area (Å²) in [6.07, 6.45) is 1.55. The van der Waals surface area contributed by atoms with Gasteiger partial charge in [0.15, 0.2) is 6.79 Å². The van der Waals surface area contributed by atoms with E-state index < -0.39 is 0 Å². The van der Waals surface area contributed by atoms with Gasteiger partial charge in [0.05, 0.1) is 30.4 Å². The summed E-state index contributed by atoms with van der Waals surface area (Å²) in [6, 6.07) is 10.9. The van der Waals surface area contributed by atoms with E-state index in [1.165, 1.54) is 0 Å². The fourth-order valence-corrected chi connectivity index (χ4v) is 3.04. The van der Waals surface area contributed by atoms with Crippen LogP contribution in [0.1, 0.15) is 11.1 Å². The first-order valence-corrected chi connectivity index (χ1v) is 7.56. The minimum absolute atomic E-state index is 0.0867. The van der Waals surface area contributed by atoms with E-state index in [1.807, 2.05) is 30.3 Å². The Balaban J connectivity index is 1.81. The summed E-state index contributed by atoms with van der Waals surface area (Å²) in [5.74, 6) is 0.737. The van der Waals surface area contributed by atoms with Gasteiger partial charge in [0.1, 0.15) is 5.75 Å². The number of aromatic nitrogens is 2. The van der Waals surface area contributed by atoms with Crippen LogP contribution in [0.4, 0.5) is 0 Å². The van der Waals surface area contributed by atoms with E-state index in [9.17, 15) is 4.79 Å². The number of halogens is 1. The normalized spacial score (nSPS) is 13.6. The van der Waals surface area contributed by atoms with Crippen LogP contribution in [-0.2, 0) is 17.9 Å². The Hall–Kier alpha value is -2.37. The predicted octanol–water partition coefficient (Wildman–Crippen LogP) is 2.96. The Kier molecular flexibility index (Phi) is 3.52. The monoisotopic (exact) mass is 328 g/mol. The maximum atomic E-state index is 12.6. The largest absolute Gasteiger partial charge is 0.467 e. The molecule has 0 saturated carbocycles. The maximum Gasteiger partial charge on any atom is 0.261 e. The van der Waals surface area contributed by atoms with Crippen molar-refractivity contribution in [3.05, 3.63) is 69.2 Å². The van der Waals surface area contributed by atoms with E-state index >= 15 is 0 Å². The molecule has 2 aromatic carbocycles. The third-order valence-electron chi connectivity index (χ3n) is 3.82. The molecule has 0 fully saturated rings. The molecular weight excluding hydrogens is 316 g/mol. The van der Waals surface area contributed by atoms with Crippen LogP contribution in [0.5, 0.6) is 5.75 Å². The van der Waals surface area contributed by atoms with Crippen LogP contribution in [0.2, 0.25) is 5.02 Å². The van der Waals surface area contributed by atoms with E-state index in [4.69, 9.17) is 21.1 Å². The number of fused-ring (bicyclic) bond motifs is 2. The van der Waals surface area contributed by atoms with Crippen molar-refractivity contribution in [3.63, 3.8) is 0 Å². The van der Waals surface area contributed by atoms with Crippen LogP contribution < -0.4 is 10.3 Å². The number of ether oxygens (including phenoxy) is 2. The van der Waals surface area contributed by atoms with Gasteiger partial charge < -0.3 is 9.47 Å². The highest BCUT2D eigenvalue weighted by molar-refractivity contribution is 6.30. The fourth-order valence-electron chi connectivity index (χ4n) is 2.78. The van der Waals surface area contributed by atoms with Crippen molar-refractivity contribution in [2.45, 2.75) is 13.2 Å². The lowest BCUT2D eigenvalue weighted by molar-refractivity contribution is -0.0170. The van der Waals surface area contributed by atoms with E-state index in [1.54, 1.807) is 17.0 Å². The summed E-state index contributed by atoms with van der Waals surface area (Å²) >= 11 is 6.17. The van der Waals surface area contributed by atoms with Crippen molar-refractivity contribution in [1.29, 1.82) is 0 Å². The minimum Gasteiger partial charge on any atom is -0.467 e. The minimum atomic E-state index is -0.0867. The Morgan fingerprint density at radius 2 is 2.13 bits per heavy atom. The second-order valence-corrected chi connectivity index (χ2v) is 5.80. The molecule has 0 radical (unpaired) electrons. The zero-order valence-electron chi connectivity index (χ0n) is 12.2. The Morgan fingerprint density at radius 1 is 1.26 bits per heavy atom. The smallest absolute Gasteiger partial charge is 0.261 e. The van der Waals surface area contributed by atoms with Crippen LogP contribution >= 0.6 is 11.6 Å². The molecule has 0 spiro atoms. The molecule has 0 aliphatic carbocycles. The molecule has 1 aromatic heterocycles. The average Bonchev–Trinajstić information content (AvgIpc) is 2.57. The van der Waals surface area contributed by atoms with E-state index in [2.05, 4.69) is 4.98 Å². The first kappa shape index (κ1) is 14.2. The SMILES string of the molecule is O=c1c2ccccc2ncn1Cc1cc(Cl)cc2c1OCOC2. The lowest BCUT2D eigenvalue weighted by Gasteiger charge is -2.21. The van der Waals surface area contributed by atoms with E-state index in [0.29, 0.717) is 29.1 Å². The Morgan fingerprint density at radius 3 is 3.04 bits per heavy atom. The van der Waals surface area contributed by atoms with Crippen LogP contribution in [0.3, 0.4) is 0 Å². The highest BCUT2D eigenvalue weighted by Gasteiger charge is 2.17. The summed E-state index contributed by atoms with van der Waals surface area (Å²) in [4.78, 5) is 16.9. The standard InChI is InChI=1S/C17H13ClN2O3/c18-13-5-11(16-12(6-13)8-22-10-23-16)7-20-9-19-15-4-2-1-3-14(15)17(20)21/h1-6,9H,7-8,10H2. The average molecular weight is 329 g/mol. The molecular formula is C17H13ClN2O3. The van der Waals surface area contributed by atoms with Gasteiger partial charge in [-0.1, -0.05) is 23.7 Å². The van der Waals surface area contributed by atoms with Gasteiger partial charge in [0.2, 0.25) is 0 Å². The molecule has 1 aliphatic rings. The summed E-state index contributed by atoms with van der Waals surface area (Å²) in [5, 5.41) is 1.18. The zero-order valence-corrected chi connectivity index (χ0v) is 12.9. The number of para-hydroxylation sites is 1. The third kappa shape index (κ3) is 2.58. The molecule has 0 atom stereocenters. The van der Waals surface area contributed by atoms with Gasteiger partial charge in [-0.2, -0.15) is 0 Å². The zero-order chi connectivity index (χ0) is 15.8. The van der Waals surface area contributed by atoms with E-state index in [-0.39, 0.29) is 12.4 Å². The topological polar surface area (TPSA) is 53.4 Å². The van der Waals surface area contributed by atoms with Gasteiger partial charge in [-0.15, -0.1) is 0 Å². The maximum absolute atomic E-state index is 12.6. The molecule has 0 unspecified atom stereocenters. The van der Waals surface area contributed by atoms with Gasteiger partial charge in [0, 0.05) is 16.1 Å². The van der Waals surface area contributed by atoms with Crippen molar-refractivity contribution in [3.8, 4) is 5.75 Å². The number of rotatable bonds is 2. The molecule has 0 N–H and O–H groups in total. The van der Waals surface area contributed by atoms with Gasteiger partial charge in [-0.25, -0.2) is 4.98 Å². The molecule has 4 rings (SSSR count). The van der Waals surface area contributed by atoms with Crippen LogP contribution in [0.15, 0.2) is 47.5 Å². The molecule has 116 valence electrons. The summed E-state index contributed by atoms with van der Waals surface area (Å²) in [7, 11) is 0. The molecule has 5 nitrogen and oxygen atoms in total. The van der Waals surface area contributed by atoms with E-state index in [0.717, 1.165) is 16.9 Å². The molecule has 1 aliphatic heterocycles. The number of hydrogen-bond acceptors (Lipinski definition) is 4. The highest BCUT2D eigenvalue weighted by atomic mass is 35.5. The van der Waals surface area contributed by atoms with Gasteiger partial charge in [0.25, 0.3) is 5.56 Å². The van der Waals surface area contributed by atoms with Crippen LogP contribution in [-0.4, -0.2) is 16.3 Å². The van der Waals surface area contributed by atoms with Crippen molar-refractivity contribution in [2.24, 2.45) is 0 Å². The molecule has 0 amide bonds. The van der Waals surface area contributed by atoms with Gasteiger partial charge in [-0.05, 0) is 24.3 Å². The highest BCUT2D eigenvalue weighted by Crippen LogP contribution is 2.32. The third-order valence-corrected chi connectivity index (χ3v) is 4.04. The summed E-state index contributed by atoms with van der Waals surface area (Å²) in [5.41, 5.74) is 2.33. The molecule has 6 heteroatoms. The molecule has 0 saturated heterocycles. The van der Waals surface area contributed by atoms with Crippen molar-refractivity contribution >= 4 is 22.5 Å². The van der Waals surface area contributed by atoms with Crippen molar-refractivity contribution in [1.82, 2.24) is 9.55 Å². The van der Waals surface area contributed by atoms with Gasteiger partial charge >= 0.3 is 0 Å². The first-order chi connectivity index (χ1) is 11.2. The number of nitrogens with zero attached hydrogens (tertiary/aromatic N) is 2. The summed E-state index contributed by atoms with van der Waals surface area (Å²) in [6.45, 7) is 1.000. The number of hydrogen-bond donors (Lipinski definition) is 0. The Bertz CT molecular complexity index is 952. The molecule has 3 aromatic rings. The van der Waals surface area contributed by atoms with Crippen molar-refractivity contribution < 1.29 is 9.47 Å². The Labute approximate surface area is 137 Å². The first-order valence-electron chi connectivity index (χ1n) is 7.18. The molecule has 0 bridgehead atoms. The second kappa shape index (κ2) is 5.68. The predicted molar refractivity (Wildman–Crippen MR) is 86.8 cm³/mol. The summed E-state index contributed by atoms with van der Waals surface area (Å²) < 4.78 is 12.4. The van der Waals surface area contributed by atoms with Crippen LogP contribution in [0, 0.1) is 0 Å². The van der Waals surface area contributed by atoms with Crippen LogP contribution in [0.25, 0.3) is 10.9 Å². The van der Waals surface area contributed by atoms with Gasteiger partial charge in [-0.3, -0.25) is 9.36 Å². The molecule has 2 heterocycles. The fraction of sp³-hybridized carbons (Fsp3) is 0.176. The lowest BCUT2D eigenvalue weighted by Crippen LogP contribution is -2.22. The van der Waals surface area contributed by atoms with Crippen molar-refractivity contribution in [2.75, 3.05) is 6.79 Å². The number of benzene rings is 2. The molecule has 23 heavy (non-hydrogen) atoms.